The smallest absolute Gasteiger partial charge is 0.223 e. The van der Waals surface area contributed by atoms with Gasteiger partial charge < -0.3 is 5.32 Å². The monoisotopic (exact) mass is 219 g/mol. The first-order valence-corrected chi connectivity index (χ1v) is 4.94. The van der Waals surface area contributed by atoms with E-state index in [0.717, 1.165) is 0 Å². The fourth-order valence-electron chi connectivity index (χ4n) is 0.736. The molecule has 0 aliphatic carbocycles. The highest BCUT2D eigenvalue weighted by atomic mass is 35.5. The Hall–Kier alpha value is -0.540. The Morgan fingerprint density at radius 2 is 1.85 bits per heavy atom. The molecular formula is C8H11Cl2N3. The van der Waals surface area contributed by atoms with Gasteiger partial charge in [-0.2, -0.15) is 0 Å². The summed E-state index contributed by atoms with van der Waals surface area (Å²) >= 11 is 11.5. The van der Waals surface area contributed by atoms with Gasteiger partial charge in [0.1, 0.15) is 0 Å². The van der Waals surface area contributed by atoms with Crippen molar-refractivity contribution in [3.63, 3.8) is 0 Å². The third-order valence-corrected chi connectivity index (χ3v) is 2.75. The van der Waals surface area contributed by atoms with Crippen LogP contribution in [-0.4, -0.2) is 27.3 Å². The standard InChI is InChI=1S/C8H11Cl2N3/c1-8(5-9,6-10)13-7-11-3-2-4-12-7/h2-4H,5-6H2,1H3,(H,11,12,13). The quantitative estimate of drug-likeness (QED) is 0.789. The van der Waals surface area contributed by atoms with Crippen LogP contribution >= 0.6 is 23.2 Å². The molecule has 1 N–H and O–H groups in total. The van der Waals surface area contributed by atoms with Crippen molar-refractivity contribution in [2.24, 2.45) is 0 Å². The largest absolute Gasteiger partial charge is 0.347 e. The van der Waals surface area contributed by atoms with E-state index < -0.39 is 0 Å². The third-order valence-electron chi connectivity index (χ3n) is 1.57. The number of nitrogens with one attached hydrogen (secondary N) is 1. The van der Waals surface area contributed by atoms with Crippen molar-refractivity contribution in [3.8, 4) is 0 Å². The molecule has 1 aromatic heterocycles. The molecule has 0 bridgehead atoms. The molecule has 0 saturated carbocycles. The second kappa shape index (κ2) is 4.63. The van der Waals surface area contributed by atoms with E-state index in [1.807, 2.05) is 6.92 Å². The van der Waals surface area contributed by atoms with Crippen molar-refractivity contribution in [2.75, 3.05) is 17.1 Å². The van der Waals surface area contributed by atoms with Gasteiger partial charge in [0.25, 0.3) is 0 Å². The maximum atomic E-state index is 5.76. The molecule has 0 aliphatic rings. The molecule has 0 atom stereocenters. The molecule has 5 heteroatoms. The van der Waals surface area contributed by atoms with Gasteiger partial charge in [0.2, 0.25) is 5.95 Å². The van der Waals surface area contributed by atoms with Gasteiger partial charge in [-0.3, -0.25) is 0 Å². The van der Waals surface area contributed by atoms with E-state index in [-0.39, 0.29) is 5.54 Å². The summed E-state index contributed by atoms with van der Waals surface area (Å²) < 4.78 is 0. The maximum Gasteiger partial charge on any atom is 0.223 e. The van der Waals surface area contributed by atoms with Crippen LogP contribution in [-0.2, 0) is 0 Å². The number of nitrogens with zero attached hydrogens (tertiary/aromatic N) is 2. The molecule has 1 aromatic rings. The van der Waals surface area contributed by atoms with E-state index in [4.69, 9.17) is 23.2 Å². The molecule has 1 heterocycles. The summed E-state index contributed by atoms with van der Waals surface area (Å²) in [5.41, 5.74) is -0.357. The minimum Gasteiger partial charge on any atom is -0.347 e. The average molecular weight is 220 g/mol. The lowest BCUT2D eigenvalue weighted by atomic mass is 10.1. The van der Waals surface area contributed by atoms with Crippen LogP contribution in [0.1, 0.15) is 6.92 Å². The van der Waals surface area contributed by atoms with Crippen molar-refractivity contribution in [2.45, 2.75) is 12.5 Å². The number of anilines is 1. The minimum atomic E-state index is -0.357. The van der Waals surface area contributed by atoms with Crippen LogP contribution in [0.4, 0.5) is 5.95 Å². The van der Waals surface area contributed by atoms with Gasteiger partial charge in [-0.1, -0.05) is 0 Å². The number of alkyl halides is 2. The Bertz CT molecular complexity index is 249. The van der Waals surface area contributed by atoms with Crippen molar-refractivity contribution >= 4 is 29.2 Å². The SMILES string of the molecule is CC(CCl)(CCl)Nc1ncccn1. The van der Waals surface area contributed by atoms with Crippen LogP contribution in [0.2, 0.25) is 0 Å². The lowest BCUT2D eigenvalue weighted by Gasteiger charge is -2.25. The molecule has 0 fully saturated rings. The summed E-state index contributed by atoms with van der Waals surface area (Å²) in [6.07, 6.45) is 3.33. The highest BCUT2D eigenvalue weighted by Gasteiger charge is 2.22. The third kappa shape index (κ3) is 3.01. The zero-order valence-corrected chi connectivity index (χ0v) is 8.81. The summed E-state index contributed by atoms with van der Waals surface area (Å²) in [5.74, 6) is 1.37. The predicted octanol–water partition coefficient (Wildman–Crippen LogP) is 2.12. The normalized spacial score (nSPS) is 11.3. The molecule has 0 saturated heterocycles. The van der Waals surface area contributed by atoms with Gasteiger partial charge in [0.05, 0.1) is 5.54 Å². The minimum absolute atomic E-state index is 0.357. The maximum absolute atomic E-state index is 5.76. The Kier molecular flexibility index (Phi) is 3.75. The Balaban J connectivity index is 2.68. The second-order valence-electron chi connectivity index (χ2n) is 3.03. The van der Waals surface area contributed by atoms with Crippen molar-refractivity contribution in [1.82, 2.24) is 9.97 Å². The van der Waals surface area contributed by atoms with Gasteiger partial charge in [-0.25, -0.2) is 9.97 Å². The molecule has 0 spiro atoms. The van der Waals surface area contributed by atoms with Crippen LogP contribution in [0.15, 0.2) is 18.5 Å². The fraction of sp³-hybridized carbons (Fsp3) is 0.500. The molecule has 1 rings (SSSR count). The van der Waals surface area contributed by atoms with E-state index in [9.17, 15) is 0 Å². The summed E-state index contributed by atoms with van der Waals surface area (Å²) in [4.78, 5) is 8.04. The summed E-state index contributed by atoms with van der Waals surface area (Å²) in [5, 5.41) is 3.07. The van der Waals surface area contributed by atoms with Gasteiger partial charge in [-0.05, 0) is 13.0 Å². The average Bonchev–Trinajstić information content (AvgIpc) is 2.19. The van der Waals surface area contributed by atoms with E-state index >= 15 is 0 Å². The number of hydrogen-bond donors (Lipinski definition) is 1. The first-order valence-electron chi connectivity index (χ1n) is 3.87. The molecular weight excluding hydrogens is 209 g/mol. The highest BCUT2D eigenvalue weighted by molar-refractivity contribution is 6.22. The van der Waals surface area contributed by atoms with Gasteiger partial charge in [-0.15, -0.1) is 23.2 Å². The van der Waals surface area contributed by atoms with Crippen LogP contribution in [0.3, 0.4) is 0 Å². The molecule has 0 amide bonds. The zero-order valence-electron chi connectivity index (χ0n) is 7.30. The first-order chi connectivity index (χ1) is 6.20. The number of aromatic nitrogens is 2. The number of rotatable bonds is 4. The van der Waals surface area contributed by atoms with E-state index in [0.29, 0.717) is 17.7 Å². The van der Waals surface area contributed by atoms with Gasteiger partial charge in [0, 0.05) is 24.2 Å². The molecule has 3 nitrogen and oxygen atoms in total. The van der Waals surface area contributed by atoms with Crippen LogP contribution in [0.5, 0.6) is 0 Å². The topological polar surface area (TPSA) is 37.8 Å². The molecule has 13 heavy (non-hydrogen) atoms. The van der Waals surface area contributed by atoms with Crippen molar-refractivity contribution in [1.29, 1.82) is 0 Å². The summed E-state index contributed by atoms with van der Waals surface area (Å²) in [7, 11) is 0. The van der Waals surface area contributed by atoms with Crippen molar-refractivity contribution < 1.29 is 0 Å². The van der Waals surface area contributed by atoms with Crippen LogP contribution in [0, 0.1) is 0 Å². The lowest BCUT2D eigenvalue weighted by molar-refractivity contribution is 0.640. The van der Waals surface area contributed by atoms with Gasteiger partial charge >= 0.3 is 0 Å². The lowest BCUT2D eigenvalue weighted by Crippen LogP contribution is -2.39. The number of halogens is 2. The molecule has 0 unspecified atom stereocenters. The van der Waals surface area contributed by atoms with Crippen LogP contribution in [0.25, 0.3) is 0 Å². The predicted molar refractivity (Wildman–Crippen MR) is 55.5 cm³/mol. The Labute approximate surface area is 87.5 Å². The Morgan fingerprint density at radius 3 is 2.31 bits per heavy atom. The van der Waals surface area contributed by atoms with Gasteiger partial charge in [0.15, 0.2) is 0 Å². The second-order valence-corrected chi connectivity index (χ2v) is 3.56. The first kappa shape index (κ1) is 10.5. The van der Waals surface area contributed by atoms with E-state index in [1.54, 1.807) is 18.5 Å². The molecule has 0 aromatic carbocycles. The van der Waals surface area contributed by atoms with Crippen molar-refractivity contribution in [3.05, 3.63) is 18.5 Å². The highest BCUT2D eigenvalue weighted by Crippen LogP contribution is 2.14. The summed E-state index contributed by atoms with van der Waals surface area (Å²) in [6, 6.07) is 1.75. The summed E-state index contributed by atoms with van der Waals surface area (Å²) in [6.45, 7) is 1.92. The van der Waals surface area contributed by atoms with E-state index in [1.165, 1.54) is 0 Å². The zero-order chi connectivity index (χ0) is 9.73. The fourth-order valence-corrected chi connectivity index (χ4v) is 1.16. The number of hydrogen-bond acceptors (Lipinski definition) is 3. The van der Waals surface area contributed by atoms with E-state index in [2.05, 4.69) is 15.3 Å². The van der Waals surface area contributed by atoms with Crippen LogP contribution < -0.4 is 5.32 Å². The molecule has 72 valence electrons. The Morgan fingerprint density at radius 1 is 1.31 bits per heavy atom. The molecule has 0 radical (unpaired) electrons. The molecule has 0 aliphatic heterocycles.